The smallest absolute Gasteiger partial charge is 0.241 e. The molecule has 0 aliphatic carbocycles. The van der Waals surface area contributed by atoms with Crippen molar-refractivity contribution in [3.05, 3.63) is 36.0 Å². The second kappa shape index (κ2) is 5.89. The lowest BCUT2D eigenvalue weighted by atomic mass is 10.1. The number of aromatic nitrogens is 1. The topological polar surface area (TPSA) is 37.3 Å². The summed E-state index contributed by atoms with van der Waals surface area (Å²) in [6.45, 7) is 4.30. The number of nitrogens with one attached hydrogen (secondary N) is 1. The molecule has 19 heavy (non-hydrogen) atoms. The van der Waals surface area contributed by atoms with Gasteiger partial charge in [0.15, 0.2) is 0 Å². The van der Waals surface area contributed by atoms with E-state index < -0.39 is 0 Å². The van der Waals surface area contributed by atoms with Gasteiger partial charge in [0, 0.05) is 32.4 Å². The van der Waals surface area contributed by atoms with Crippen LogP contribution in [0.5, 0.6) is 0 Å². The summed E-state index contributed by atoms with van der Waals surface area (Å²) in [4.78, 5) is 13.4. The Hall–Kier alpha value is -1.81. The van der Waals surface area contributed by atoms with Crippen LogP contribution in [-0.4, -0.2) is 36.0 Å². The average Bonchev–Trinajstić information content (AvgIpc) is 2.79. The van der Waals surface area contributed by atoms with Crippen molar-refractivity contribution in [2.75, 3.05) is 20.6 Å². The van der Waals surface area contributed by atoms with Gasteiger partial charge >= 0.3 is 0 Å². The Labute approximate surface area is 114 Å². The van der Waals surface area contributed by atoms with Crippen molar-refractivity contribution in [2.24, 2.45) is 0 Å². The van der Waals surface area contributed by atoms with Crippen molar-refractivity contribution < 1.29 is 4.79 Å². The molecule has 0 aliphatic heterocycles. The number of carbonyl (C=O) groups is 1. The first-order valence-electron chi connectivity index (χ1n) is 6.60. The summed E-state index contributed by atoms with van der Waals surface area (Å²) in [5, 5.41) is 4.49. The van der Waals surface area contributed by atoms with E-state index in [1.165, 1.54) is 10.9 Å². The summed E-state index contributed by atoms with van der Waals surface area (Å²) in [7, 11) is 3.56. The highest BCUT2D eigenvalue weighted by molar-refractivity contribution is 5.83. The van der Waals surface area contributed by atoms with E-state index in [4.69, 9.17) is 0 Å². The minimum absolute atomic E-state index is 0.106. The van der Waals surface area contributed by atoms with Gasteiger partial charge in [-0.05, 0) is 29.6 Å². The number of carbonyl (C=O) groups excluding carboxylic acids is 1. The first kappa shape index (κ1) is 13.6. The van der Waals surface area contributed by atoms with Gasteiger partial charge in [-0.15, -0.1) is 0 Å². The molecule has 1 amide bonds. The fourth-order valence-electron chi connectivity index (χ4n) is 2.03. The normalized spacial score (nSPS) is 10.9. The molecule has 1 aromatic heterocycles. The van der Waals surface area contributed by atoms with Crippen LogP contribution in [0.3, 0.4) is 0 Å². The summed E-state index contributed by atoms with van der Waals surface area (Å²) in [6.07, 6.45) is 1.98. The van der Waals surface area contributed by atoms with E-state index in [1.54, 1.807) is 19.0 Å². The van der Waals surface area contributed by atoms with Gasteiger partial charge in [0.1, 0.15) is 6.54 Å². The molecule has 0 unspecified atom stereocenters. The van der Waals surface area contributed by atoms with E-state index in [9.17, 15) is 4.79 Å². The SMILES string of the molecule is CCNCc1ccc2ccn(CC(=O)N(C)C)c2c1. The number of hydrogen-bond acceptors (Lipinski definition) is 2. The molecule has 0 spiro atoms. The summed E-state index contributed by atoms with van der Waals surface area (Å²) in [6, 6.07) is 8.44. The lowest BCUT2D eigenvalue weighted by Gasteiger charge is -2.12. The van der Waals surface area contributed by atoms with E-state index >= 15 is 0 Å². The van der Waals surface area contributed by atoms with Crippen molar-refractivity contribution in [1.29, 1.82) is 0 Å². The molecule has 0 aliphatic rings. The molecular weight excluding hydrogens is 238 g/mol. The molecule has 0 radical (unpaired) electrons. The average molecular weight is 259 g/mol. The molecule has 0 atom stereocenters. The Morgan fingerprint density at radius 2 is 2.11 bits per heavy atom. The lowest BCUT2D eigenvalue weighted by Crippen LogP contribution is -2.25. The maximum absolute atomic E-state index is 11.8. The zero-order chi connectivity index (χ0) is 13.8. The van der Waals surface area contributed by atoms with Crippen LogP contribution in [0, 0.1) is 0 Å². The van der Waals surface area contributed by atoms with Crippen molar-refractivity contribution in [3.63, 3.8) is 0 Å². The molecule has 102 valence electrons. The quantitative estimate of drug-likeness (QED) is 0.889. The molecule has 0 saturated heterocycles. The van der Waals surface area contributed by atoms with E-state index in [2.05, 4.69) is 36.5 Å². The molecule has 0 fully saturated rings. The lowest BCUT2D eigenvalue weighted by molar-refractivity contribution is -0.129. The van der Waals surface area contributed by atoms with Crippen LogP contribution in [0.1, 0.15) is 12.5 Å². The minimum Gasteiger partial charge on any atom is -0.347 e. The van der Waals surface area contributed by atoms with Crippen LogP contribution < -0.4 is 5.32 Å². The standard InChI is InChI=1S/C15H21N3O/c1-4-16-10-12-5-6-13-7-8-18(14(13)9-12)11-15(19)17(2)3/h5-9,16H,4,10-11H2,1-3H3. The van der Waals surface area contributed by atoms with Crippen LogP contribution >= 0.6 is 0 Å². The van der Waals surface area contributed by atoms with E-state index in [0.717, 1.165) is 18.6 Å². The molecule has 1 aromatic carbocycles. The van der Waals surface area contributed by atoms with Crippen LogP contribution in [0.25, 0.3) is 10.9 Å². The van der Waals surface area contributed by atoms with Crippen LogP contribution in [0.4, 0.5) is 0 Å². The third-order valence-corrected chi connectivity index (χ3v) is 3.22. The Kier molecular flexibility index (Phi) is 4.22. The molecule has 0 bridgehead atoms. The highest BCUT2D eigenvalue weighted by Crippen LogP contribution is 2.18. The Morgan fingerprint density at radius 3 is 2.79 bits per heavy atom. The first-order valence-corrected chi connectivity index (χ1v) is 6.60. The van der Waals surface area contributed by atoms with Crippen molar-refractivity contribution >= 4 is 16.8 Å². The second-order valence-corrected chi connectivity index (χ2v) is 4.91. The Bertz CT molecular complexity index is 572. The fourth-order valence-corrected chi connectivity index (χ4v) is 2.03. The third-order valence-electron chi connectivity index (χ3n) is 3.22. The number of hydrogen-bond donors (Lipinski definition) is 1. The number of likely N-dealkylation sites (N-methyl/N-ethyl adjacent to an activating group) is 1. The molecule has 1 heterocycles. The maximum atomic E-state index is 11.8. The highest BCUT2D eigenvalue weighted by Gasteiger charge is 2.08. The van der Waals surface area contributed by atoms with Gasteiger partial charge in [0.05, 0.1) is 0 Å². The zero-order valence-electron chi connectivity index (χ0n) is 11.8. The summed E-state index contributed by atoms with van der Waals surface area (Å²) in [5.41, 5.74) is 2.36. The monoisotopic (exact) mass is 259 g/mol. The number of nitrogens with zero attached hydrogens (tertiary/aromatic N) is 2. The number of amides is 1. The maximum Gasteiger partial charge on any atom is 0.241 e. The largest absolute Gasteiger partial charge is 0.347 e. The summed E-state index contributed by atoms with van der Waals surface area (Å²) in [5.74, 6) is 0.106. The highest BCUT2D eigenvalue weighted by atomic mass is 16.2. The van der Waals surface area contributed by atoms with Gasteiger partial charge in [0.25, 0.3) is 0 Å². The Balaban J connectivity index is 2.26. The van der Waals surface area contributed by atoms with Gasteiger partial charge in [-0.3, -0.25) is 4.79 Å². The van der Waals surface area contributed by atoms with Gasteiger partial charge in [-0.1, -0.05) is 19.1 Å². The predicted molar refractivity (Wildman–Crippen MR) is 78.0 cm³/mol. The molecule has 4 nitrogen and oxygen atoms in total. The number of rotatable bonds is 5. The first-order chi connectivity index (χ1) is 9.11. The minimum atomic E-state index is 0.106. The Morgan fingerprint density at radius 1 is 1.32 bits per heavy atom. The second-order valence-electron chi connectivity index (χ2n) is 4.91. The van der Waals surface area contributed by atoms with E-state index in [0.29, 0.717) is 6.54 Å². The molecule has 2 rings (SSSR count). The van der Waals surface area contributed by atoms with Gasteiger partial charge in [-0.2, -0.15) is 0 Å². The number of benzene rings is 1. The van der Waals surface area contributed by atoms with E-state index in [-0.39, 0.29) is 5.91 Å². The third kappa shape index (κ3) is 3.15. The summed E-state index contributed by atoms with van der Waals surface area (Å²) >= 11 is 0. The van der Waals surface area contributed by atoms with Gasteiger partial charge in [-0.25, -0.2) is 0 Å². The van der Waals surface area contributed by atoms with Crippen LogP contribution in [0.2, 0.25) is 0 Å². The molecule has 4 heteroatoms. The fraction of sp³-hybridized carbons (Fsp3) is 0.400. The van der Waals surface area contributed by atoms with Crippen LogP contribution in [-0.2, 0) is 17.9 Å². The van der Waals surface area contributed by atoms with Gasteiger partial charge in [0.2, 0.25) is 5.91 Å². The van der Waals surface area contributed by atoms with E-state index in [1.807, 2.05) is 10.8 Å². The predicted octanol–water partition coefficient (Wildman–Crippen LogP) is 1.84. The molecule has 1 N–H and O–H groups in total. The van der Waals surface area contributed by atoms with Crippen molar-refractivity contribution in [1.82, 2.24) is 14.8 Å². The zero-order valence-corrected chi connectivity index (χ0v) is 11.8. The number of fused-ring (bicyclic) bond motifs is 1. The molecule has 0 saturated carbocycles. The van der Waals surface area contributed by atoms with Crippen molar-refractivity contribution in [2.45, 2.75) is 20.0 Å². The van der Waals surface area contributed by atoms with Gasteiger partial charge < -0.3 is 14.8 Å². The summed E-state index contributed by atoms with van der Waals surface area (Å²) < 4.78 is 2.01. The molecule has 2 aromatic rings. The van der Waals surface area contributed by atoms with Crippen molar-refractivity contribution in [3.8, 4) is 0 Å². The molecular formula is C15H21N3O. The van der Waals surface area contributed by atoms with Crippen LogP contribution in [0.15, 0.2) is 30.5 Å².